The molecular formula is C71H133NO5. The van der Waals surface area contributed by atoms with Crippen LogP contribution in [0.25, 0.3) is 0 Å². The van der Waals surface area contributed by atoms with E-state index in [1.807, 2.05) is 6.08 Å². The molecule has 3 N–H and O–H groups in total. The van der Waals surface area contributed by atoms with E-state index in [-0.39, 0.29) is 18.5 Å². The molecule has 77 heavy (non-hydrogen) atoms. The van der Waals surface area contributed by atoms with Gasteiger partial charge in [0.1, 0.15) is 0 Å². The fourth-order valence-electron chi connectivity index (χ4n) is 10.5. The highest BCUT2D eigenvalue weighted by atomic mass is 16.5. The Kier molecular flexibility index (Phi) is 64.5. The SMILES string of the molecule is CCCCCC/C=C\C/C=C\CCCCCCCC(=O)OCCCCCCCCCCCCCC/C=C\CCCCCCCCCCCCC(=O)NC(CO)C(O)/C=C/CCCCCCCCCCCCCCCCCC. The van der Waals surface area contributed by atoms with Crippen molar-refractivity contribution in [1.29, 1.82) is 0 Å². The molecule has 0 aromatic heterocycles. The zero-order chi connectivity index (χ0) is 55.7. The Bertz CT molecular complexity index is 1290. The second-order valence-corrected chi connectivity index (χ2v) is 23.5. The normalized spacial score (nSPS) is 12.8. The number of amides is 1. The standard InChI is InChI=1S/C71H133NO5/c1-3-5-7-9-11-13-15-17-19-21-32-35-39-43-47-51-55-59-63-69(74)68(67-73)72-70(75)64-60-56-52-48-44-40-36-33-30-28-26-24-22-23-25-27-29-31-34-38-42-46-50-54-58-62-66-77-71(76)65-61-57-53-49-45-41-37-20-18-16-14-12-10-8-6-4-2/h14,16,20,22,24,37,59,63,68-69,73-74H,3-13,15,17-19,21,23,25-36,38-58,60-62,64-67H2,1-2H3,(H,72,75)/b16-14-,24-22-,37-20-,63-59+. The molecule has 1 amide bonds. The number of hydrogen-bond acceptors (Lipinski definition) is 5. The number of ether oxygens (including phenoxy) is 1. The zero-order valence-electron chi connectivity index (χ0n) is 51.7. The van der Waals surface area contributed by atoms with Gasteiger partial charge in [-0.1, -0.05) is 313 Å². The molecule has 0 aliphatic heterocycles. The average molecular weight is 1080 g/mol. The van der Waals surface area contributed by atoms with E-state index in [0.29, 0.717) is 19.4 Å². The van der Waals surface area contributed by atoms with Gasteiger partial charge < -0.3 is 20.3 Å². The third-order valence-electron chi connectivity index (χ3n) is 15.8. The summed E-state index contributed by atoms with van der Waals surface area (Å²) in [6.45, 7) is 4.90. The van der Waals surface area contributed by atoms with Gasteiger partial charge in [0.25, 0.3) is 0 Å². The van der Waals surface area contributed by atoms with Crippen molar-refractivity contribution < 1.29 is 24.5 Å². The van der Waals surface area contributed by atoms with Crippen LogP contribution < -0.4 is 5.32 Å². The fraction of sp³-hybridized carbons (Fsp3) is 0.859. The van der Waals surface area contributed by atoms with E-state index in [0.717, 1.165) is 51.4 Å². The Balaban J connectivity index is 3.42. The summed E-state index contributed by atoms with van der Waals surface area (Å²) in [5.74, 6) is -0.0672. The molecule has 0 saturated carbocycles. The summed E-state index contributed by atoms with van der Waals surface area (Å²) in [6, 6.07) is -0.631. The van der Waals surface area contributed by atoms with Crippen molar-refractivity contribution in [2.75, 3.05) is 13.2 Å². The summed E-state index contributed by atoms with van der Waals surface area (Å²) in [5, 5.41) is 23.2. The van der Waals surface area contributed by atoms with Crippen LogP contribution in [0.3, 0.4) is 0 Å². The molecule has 452 valence electrons. The highest BCUT2D eigenvalue weighted by Gasteiger charge is 2.18. The predicted molar refractivity (Wildman–Crippen MR) is 338 cm³/mol. The van der Waals surface area contributed by atoms with E-state index in [1.165, 1.54) is 289 Å². The van der Waals surface area contributed by atoms with Crippen molar-refractivity contribution >= 4 is 11.9 Å². The molecule has 6 heteroatoms. The Morgan fingerprint density at radius 3 is 1.01 bits per heavy atom. The first kappa shape index (κ1) is 74.8. The number of carbonyl (C=O) groups is 2. The second kappa shape index (κ2) is 66.3. The molecule has 2 atom stereocenters. The molecule has 6 nitrogen and oxygen atoms in total. The Labute approximate surface area is 480 Å². The van der Waals surface area contributed by atoms with Gasteiger partial charge in [0.05, 0.1) is 25.4 Å². The molecule has 0 fully saturated rings. The number of unbranched alkanes of at least 4 members (excludes halogenated alkanes) is 47. The predicted octanol–water partition coefficient (Wildman–Crippen LogP) is 22.1. The number of carbonyl (C=O) groups excluding carboxylic acids is 2. The van der Waals surface area contributed by atoms with E-state index in [9.17, 15) is 19.8 Å². The van der Waals surface area contributed by atoms with Gasteiger partial charge in [-0.2, -0.15) is 0 Å². The third-order valence-corrected chi connectivity index (χ3v) is 15.8. The largest absolute Gasteiger partial charge is 0.466 e. The molecule has 0 rings (SSSR count). The maximum Gasteiger partial charge on any atom is 0.305 e. The molecule has 0 aliphatic rings. The summed E-state index contributed by atoms with van der Waals surface area (Å²) in [6.07, 6.45) is 86.0. The lowest BCUT2D eigenvalue weighted by Crippen LogP contribution is -2.45. The quantitative estimate of drug-likeness (QED) is 0.0320. The van der Waals surface area contributed by atoms with Crippen molar-refractivity contribution in [2.24, 2.45) is 0 Å². The highest BCUT2D eigenvalue weighted by Crippen LogP contribution is 2.18. The molecule has 0 aromatic rings. The number of esters is 1. The molecule has 0 spiro atoms. The molecule has 0 bridgehead atoms. The summed E-state index contributed by atoms with van der Waals surface area (Å²) in [5.41, 5.74) is 0. The van der Waals surface area contributed by atoms with E-state index in [1.54, 1.807) is 6.08 Å². The van der Waals surface area contributed by atoms with Gasteiger partial charge in [-0.15, -0.1) is 0 Å². The number of nitrogens with one attached hydrogen (secondary N) is 1. The number of rotatable bonds is 64. The first-order valence-electron chi connectivity index (χ1n) is 34.4. The Morgan fingerprint density at radius 2 is 0.649 bits per heavy atom. The lowest BCUT2D eigenvalue weighted by Gasteiger charge is -2.20. The van der Waals surface area contributed by atoms with Gasteiger partial charge in [0, 0.05) is 12.8 Å². The first-order valence-corrected chi connectivity index (χ1v) is 34.4. The number of aliphatic hydroxyl groups is 2. The molecular weight excluding hydrogens is 947 g/mol. The maximum absolute atomic E-state index is 12.5. The van der Waals surface area contributed by atoms with Crippen molar-refractivity contribution in [3.8, 4) is 0 Å². The number of hydrogen-bond donors (Lipinski definition) is 3. The molecule has 0 radical (unpaired) electrons. The van der Waals surface area contributed by atoms with Crippen molar-refractivity contribution in [2.45, 2.75) is 379 Å². The van der Waals surface area contributed by atoms with Gasteiger partial charge in [-0.05, 0) is 89.9 Å². The van der Waals surface area contributed by atoms with Gasteiger partial charge >= 0.3 is 5.97 Å². The smallest absolute Gasteiger partial charge is 0.305 e. The summed E-state index contributed by atoms with van der Waals surface area (Å²) in [4.78, 5) is 24.6. The molecule has 0 heterocycles. The fourth-order valence-corrected chi connectivity index (χ4v) is 10.5. The van der Waals surface area contributed by atoms with E-state index < -0.39 is 12.1 Å². The minimum atomic E-state index is -0.847. The molecule has 0 aliphatic carbocycles. The van der Waals surface area contributed by atoms with Crippen LogP contribution in [-0.2, 0) is 14.3 Å². The highest BCUT2D eigenvalue weighted by molar-refractivity contribution is 5.76. The van der Waals surface area contributed by atoms with E-state index >= 15 is 0 Å². The number of allylic oxidation sites excluding steroid dienone is 7. The summed E-state index contributed by atoms with van der Waals surface area (Å²) in [7, 11) is 0. The molecule has 0 saturated heterocycles. The monoisotopic (exact) mass is 1080 g/mol. The minimum Gasteiger partial charge on any atom is -0.466 e. The lowest BCUT2D eigenvalue weighted by atomic mass is 10.0. The van der Waals surface area contributed by atoms with Crippen molar-refractivity contribution in [3.05, 3.63) is 48.6 Å². The van der Waals surface area contributed by atoms with Crippen LogP contribution in [0.4, 0.5) is 0 Å². The van der Waals surface area contributed by atoms with Crippen LogP contribution in [0.5, 0.6) is 0 Å². The topological polar surface area (TPSA) is 95.9 Å². The Morgan fingerprint density at radius 1 is 0.364 bits per heavy atom. The molecule has 2 unspecified atom stereocenters. The van der Waals surface area contributed by atoms with Gasteiger partial charge in [-0.3, -0.25) is 9.59 Å². The van der Waals surface area contributed by atoms with Crippen molar-refractivity contribution in [1.82, 2.24) is 5.32 Å². The zero-order valence-corrected chi connectivity index (χ0v) is 51.7. The average Bonchev–Trinajstić information content (AvgIpc) is 3.43. The van der Waals surface area contributed by atoms with Crippen LogP contribution in [0, 0.1) is 0 Å². The first-order chi connectivity index (χ1) is 38.0. The van der Waals surface area contributed by atoms with Crippen LogP contribution in [0.2, 0.25) is 0 Å². The van der Waals surface area contributed by atoms with E-state index in [4.69, 9.17) is 4.74 Å². The van der Waals surface area contributed by atoms with Crippen LogP contribution in [0.15, 0.2) is 48.6 Å². The van der Waals surface area contributed by atoms with Crippen LogP contribution in [-0.4, -0.2) is 47.4 Å². The lowest BCUT2D eigenvalue weighted by molar-refractivity contribution is -0.143. The maximum atomic E-state index is 12.5. The summed E-state index contributed by atoms with van der Waals surface area (Å²) >= 11 is 0. The van der Waals surface area contributed by atoms with Crippen molar-refractivity contribution in [3.63, 3.8) is 0 Å². The number of aliphatic hydroxyl groups excluding tert-OH is 2. The van der Waals surface area contributed by atoms with Gasteiger partial charge in [0.15, 0.2) is 0 Å². The van der Waals surface area contributed by atoms with E-state index in [2.05, 4.69) is 55.6 Å². The summed E-state index contributed by atoms with van der Waals surface area (Å²) < 4.78 is 5.49. The second-order valence-electron chi connectivity index (χ2n) is 23.5. The minimum absolute atomic E-state index is 0.000489. The van der Waals surface area contributed by atoms with Crippen LogP contribution in [0.1, 0.15) is 367 Å². The van der Waals surface area contributed by atoms with Gasteiger partial charge in [-0.25, -0.2) is 0 Å². The Hall–Kier alpha value is -2.18. The molecule has 0 aromatic carbocycles. The van der Waals surface area contributed by atoms with Gasteiger partial charge in [0.2, 0.25) is 5.91 Å². The third kappa shape index (κ3) is 62.9. The van der Waals surface area contributed by atoms with Crippen LogP contribution >= 0.6 is 0 Å².